The highest BCUT2D eigenvalue weighted by atomic mass is 15.4. The zero-order valence-corrected chi connectivity index (χ0v) is 18.9. The molecule has 0 N–H and O–H groups in total. The fraction of sp³-hybridized carbons (Fsp3) is 0.333. The van der Waals surface area contributed by atoms with Crippen LogP contribution in [0.3, 0.4) is 0 Å². The van der Waals surface area contributed by atoms with Crippen molar-refractivity contribution in [2.24, 2.45) is 15.9 Å². The summed E-state index contributed by atoms with van der Waals surface area (Å²) in [5.41, 5.74) is 8.08. The second-order valence-corrected chi connectivity index (χ2v) is 8.72. The van der Waals surface area contributed by atoms with Crippen molar-refractivity contribution < 1.29 is 0 Å². The van der Waals surface area contributed by atoms with E-state index in [-0.39, 0.29) is 0 Å². The standard InChI is InChI=1S/C27H32N4/c1-19-14-20(2)16-25(15-19)22(4)24-9-7-13-31(18-24)27-29-26(17-21(3)30(27)5)23-8-6-11-28-12-10-23/h8,10-12,14-17,24H,3-4,6-7,9,13,18H2,1-2,5H3. The van der Waals surface area contributed by atoms with Crippen molar-refractivity contribution in [1.29, 1.82) is 0 Å². The Balaban J connectivity index is 1.58. The highest BCUT2D eigenvalue weighted by Crippen LogP contribution is 2.32. The van der Waals surface area contributed by atoms with Gasteiger partial charge in [-0.25, -0.2) is 4.99 Å². The van der Waals surface area contributed by atoms with Crippen molar-refractivity contribution in [1.82, 2.24) is 9.80 Å². The first-order valence-electron chi connectivity index (χ1n) is 11.1. The van der Waals surface area contributed by atoms with Crippen LogP contribution >= 0.6 is 0 Å². The van der Waals surface area contributed by atoms with Gasteiger partial charge < -0.3 is 9.80 Å². The summed E-state index contributed by atoms with van der Waals surface area (Å²) >= 11 is 0. The maximum atomic E-state index is 5.06. The summed E-state index contributed by atoms with van der Waals surface area (Å²) in [5, 5.41) is 0. The number of likely N-dealkylation sites (N-methyl/N-ethyl adjacent to an activating group) is 1. The largest absolute Gasteiger partial charge is 0.342 e. The van der Waals surface area contributed by atoms with Crippen molar-refractivity contribution in [2.75, 3.05) is 20.1 Å². The lowest BCUT2D eigenvalue weighted by molar-refractivity contribution is 0.275. The summed E-state index contributed by atoms with van der Waals surface area (Å²) in [6.45, 7) is 15.0. The molecule has 1 unspecified atom stereocenters. The van der Waals surface area contributed by atoms with E-state index in [9.17, 15) is 0 Å². The third-order valence-electron chi connectivity index (χ3n) is 6.23. The number of guanidine groups is 1. The van der Waals surface area contributed by atoms with Crippen LogP contribution in [0.5, 0.6) is 0 Å². The molecule has 1 atom stereocenters. The average molecular weight is 413 g/mol. The normalized spacial score (nSPS) is 21.5. The van der Waals surface area contributed by atoms with Crippen molar-refractivity contribution in [3.63, 3.8) is 0 Å². The van der Waals surface area contributed by atoms with Gasteiger partial charge in [-0.15, -0.1) is 0 Å². The molecule has 0 amide bonds. The van der Waals surface area contributed by atoms with Gasteiger partial charge in [0.25, 0.3) is 0 Å². The highest BCUT2D eigenvalue weighted by molar-refractivity contribution is 5.86. The predicted octanol–water partition coefficient (Wildman–Crippen LogP) is 5.64. The smallest absolute Gasteiger partial charge is 0.206 e. The monoisotopic (exact) mass is 412 g/mol. The van der Waals surface area contributed by atoms with Crippen LogP contribution in [-0.2, 0) is 0 Å². The Bertz CT molecular complexity index is 1030. The first-order chi connectivity index (χ1) is 14.9. The summed E-state index contributed by atoms with van der Waals surface area (Å²) in [4.78, 5) is 13.8. The van der Waals surface area contributed by atoms with E-state index in [0.717, 1.165) is 55.3 Å². The number of likely N-dealkylation sites (tertiary alicyclic amines) is 1. The lowest BCUT2D eigenvalue weighted by atomic mass is 9.86. The molecule has 1 aromatic carbocycles. The van der Waals surface area contributed by atoms with E-state index >= 15 is 0 Å². The average Bonchev–Trinajstić information content (AvgIpc) is 3.04. The number of nitrogens with zero attached hydrogens (tertiary/aromatic N) is 4. The van der Waals surface area contributed by atoms with Gasteiger partial charge in [0, 0.05) is 50.6 Å². The highest BCUT2D eigenvalue weighted by Gasteiger charge is 2.29. The summed E-state index contributed by atoms with van der Waals surface area (Å²) in [7, 11) is 2.05. The number of rotatable bonds is 3. The van der Waals surface area contributed by atoms with Gasteiger partial charge in [-0.05, 0) is 55.6 Å². The molecule has 0 spiro atoms. The minimum Gasteiger partial charge on any atom is -0.342 e. The number of allylic oxidation sites excluding steroid dienone is 3. The van der Waals surface area contributed by atoms with E-state index in [2.05, 4.69) is 79.2 Å². The quantitative estimate of drug-likeness (QED) is 0.643. The molecule has 0 aromatic heterocycles. The van der Waals surface area contributed by atoms with Crippen LogP contribution in [0.25, 0.3) is 5.57 Å². The van der Waals surface area contributed by atoms with E-state index < -0.39 is 0 Å². The summed E-state index contributed by atoms with van der Waals surface area (Å²) in [5.74, 6) is 1.39. The van der Waals surface area contributed by atoms with Crippen molar-refractivity contribution >= 4 is 17.7 Å². The number of aryl methyl sites for hydroxylation is 2. The fourth-order valence-electron chi connectivity index (χ4n) is 4.55. The zero-order valence-electron chi connectivity index (χ0n) is 18.9. The number of piperidine rings is 1. The molecule has 0 radical (unpaired) electrons. The van der Waals surface area contributed by atoms with Crippen LogP contribution in [-0.4, -0.2) is 42.1 Å². The van der Waals surface area contributed by atoms with Crippen molar-refractivity contribution in [3.05, 3.63) is 89.4 Å². The molecule has 160 valence electrons. The number of hydrogen-bond donors (Lipinski definition) is 0. The van der Waals surface area contributed by atoms with Crippen LogP contribution in [0.4, 0.5) is 0 Å². The van der Waals surface area contributed by atoms with E-state index in [1.807, 2.05) is 18.5 Å². The Labute approximate surface area is 186 Å². The first kappa shape index (κ1) is 21.1. The maximum Gasteiger partial charge on any atom is 0.206 e. The van der Waals surface area contributed by atoms with E-state index in [4.69, 9.17) is 4.99 Å². The molecule has 1 aromatic rings. The van der Waals surface area contributed by atoms with Gasteiger partial charge in [-0.3, -0.25) is 4.99 Å². The molecule has 1 saturated heterocycles. The van der Waals surface area contributed by atoms with Gasteiger partial charge in [-0.1, -0.05) is 48.6 Å². The minimum absolute atomic E-state index is 0.416. The Morgan fingerprint density at radius 1 is 1.16 bits per heavy atom. The van der Waals surface area contributed by atoms with Gasteiger partial charge in [0.15, 0.2) is 0 Å². The molecule has 4 nitrogen and oxygen atoms in total. The Morgan fingerprint density at radius 2 is 1.94 bits per heavy atom. The summed E-state index contributed by atoms with van der Waals surface area (Å²) in [6, 6.07) is 6.74. The fourth-order valence-corrected chi connectivity index (χ4v) is 4.55. The molecule has 0 aliphatic carbocycles. The minimum atomic E-state index is 0.416. The lowest BCUT2D eigenvalue weighted by Gasteiger charge is -2.40. The second-order valence-electron chi connectivity index (χ2n) is 8.72. The van der Waals surface area contributed by atoms with Gasteiger partial charge in [0.2, 0.25) is 5.96 Å². The van der Waals surface area contributed by atoms with Crippen molar-refractivity contribution in [3.8, 4) is 0 Å². The van der Waals surface area contributed by atoms with Crippen LogP contribution in [0.15, 0.2) is 82.7 Å². The zero-order chi connectivity index (χ0) is 22.0. The maximum absolute atomic E-state index is 5.06. The Kier molecular flexibility index (Phi) is 6.08. The SMILES string of the molecule is C=C(c1cc(C)cc(C)c1)C1CCCN(C2=NC(C3=CCC=NC=C3)=CC(=C)N2C)C1. The van der Waals surface area contributed by atoms with Gasteiger partial charge in [0.05, 0.1) is 5.70 Å². The van der Waals surface area contributed by atoms with Gasteiger partial charge in [0.1, 0.15) is 0 Å². The molecular formula is C27H32N4. The van der Waals surface area contributed by atoms with Crippen molar-refractivity contribution in [2.45, 2.75) is 33.1 Å². The molecular weight excluding hydrogens is 380 g/mol. The molecule has 4 rings (SSSR count). The molecule has 3 heterocycles. The third-order valence-corrected chi connectivity index (χ3v) is 6.23. The lowest BCUT2D eigenvalue weighted by Crippen LogP contribution is -2.47. The second kappa shape index (κ2) is 8.93. The van der Waals surface area contributed by atoms with E-state index in [1.165, 1.54) is 22.3 Å². The van der Waals surface area contributed by atoms with Gasteiger partial charge >= 0.3 is 0 Å². The Hall–Kier alpha value is -3.14. The van der Waals surface area contributed by atoms with E-state index in [0.29, 0.717) is 5.92 Å². The summed E-state index contributed by atoms with van der Waals surface area (Å²) < 4.78 is 0. The number of benzene rings is 1. The van der Waals surface area contributed by atoms with Crippen LogP contribution in [0.1, 0.15) is 36.0 Å². The molecule has 0 saturated carbocycles. The number of hydrogen-bond acceptors (Lipinski definition) is 4. The number of aliphatic imine (C=N–C) groups is 2. The van der Waals surface area contributed by atoms with Crippen LogP contribution < -0.4 is 0 Å². The molecule has 31 heavy (non-hydrogen) atoms. The summed E-state index contributed by atoms with van der Waals surface area (Å²) in [6.07, 6.45) is 13.1. The van der Waals surface area contributed by atoms with E-state index in [1.54, 1.807) is 0 Å². The Morgan fingerprint density at radius 3 is 2.71 bits per heavy atom. The molecule has 4 heteroatoms. The molecule has 3 aliphatic heterocycles. The van der Waals surface area contributed by atoms with Crippen LogP contribution in [0.2, 0.25) is 0 Å². The molecule has 0 bridgehead atoms. The molecule has 1 fully saturated rings. The van der Waals surface area contributed by atoms with Gasteiger partial charge in [-0.2, -0.15) is 0 Å². The first-order valence-corrected chi connectivity index (χ1v) is 11.1. The molecule has 3 aliphatic rings. The topological polar surface area (TPSA) is 31.2 Å². The third kappa shape index (κ3) is 4.63. The van der Waals surface area contributed by atoms with Crippen LogP contribution in [0, 0.1) is 19.8 Å². The predicted molar refractivity (Wildman–Crippen MR) is 132 cm³/mol.